The number of nitrogens with one attached hydrogen (secondary N) is 2. The van der Waals surface area contributed by atoms with Gasteiger partial charge in [-0.05, 0) is 30.2 Å². The van der Waals surface area contributed by atoms with Gasteiger partial charge in [0.25, 0.3) is 11.8 Å². The van der Waals surface area contributed by atoms with Crippen molar-refractivity contribution >= 4 is 39.1 Å². The van der Waals surface area contributed by atoms with E-state index in [0.29, 0.717) is 22.3 Å². The number of anilines is 1. The number of carbonyl (C=O) groups is 2. The molecule has 29 heavy (non-hydrogen) atoms. The molecular formula is C22H16N4O2S. The number of nitrogens with zero attached hydrogens (tertiary/aromatic N) is 2. The monoisotopic (exact) mass is 400 g/mol. The molecule has 0 aliphatic carbocycles. The lowest BCUT2D eigenvalue weighted by Gasteiger charge is -2.18. The van der Waals surface area contributed by atoms with E-state index < -0.39 is 0 Å². The Hall–Kier alpha value is -3.58. The third kappa shape index (κ3) is 2.87. The van der Waals surface area contributed by atoms with Crippen molar-refractivity contribution in [3.8, 4) is 0 Å². The topological polar surface area (TPSA) is 84.0 Å². The molecule has 1 atom stereocenters. The normalized spacial score (nSPS) is 15.2. The smallest absolute Gasteiger partial charge is 0.258 e. The molecule has 2 amide bonds. The average Bonchev–Trinajstić information content (AvgIpc) is 3.31. The highest BCUT2D eigenvalue weighted by Crippen LogP contribution is 2.37. The Balaban J connectivity index is 1.57. The maximum atomic E-state index is 13.0. The van der Waals surface area contributed by atoms with Crippen molar-refractivity contribution in [1.82, 2.24) is 15.3 Å². The van der Waals surface area contributed by atoms with Crippen LogP contribution in [0, 0.1) is 6.92 Å². The van der Waals surface area contributed by atoms with Gasteiger partial charge in [-0.3, -0.25) is 9.59 Å². The van der Waals surface area contributed by atoms with E-state index in [1.54, 1.807) is 23.7 Å². The van der Waals surface area contributed by atoms with E-state index in [4.69, 9.17) is 0 Å². The van der Waals surface area contributed by atoms with Crippen LogP contribution in [0.2, 0.25) is 0 Å². The summed E-state index contributed by atoms with van der Waals surface area (Å²) in [5.74, 6) is -0.399. The van der Waals surface area contributed by atoms with Crippen LogP contribution in [0.25, 0.3) is 10.2 Å². The average molecular weight is 400 g/mol. The Morgan fingerprint density at radius 2 is 2.03 bits per heavy atom. The molecule has 2 aromatic carbocycles. The zero-order valence-corrected chi connectivity index (χ0v) is 16.3. The summed E-state index contributed by atoms with van der Waals surface area (Å²) in [7, 11) is 0. The molecule has 1 aliphatic heterocycles. The van der Waals surface area contributed by atoms with Crippen molar-refractivity contribution in [2.45, 2.75) is 13.0 Å². The van der Waals surface area contributed by atoms with Gasteiger partial charge in [-0.2, -0.15) is 0 Å². The number of aromatic nitrogens is 2. The van der Waals surface area contributed by atoms with E-state index in [1.165, 1.54) is 17.7 Å². The minimum atomic E-state index is -0.309. The number of thiophene rings is 1. The van der Waals surface area contributed by atoms with Crippen molar-refractivity contribution < 1.29 is 9.59 Å². The van der Waals surface area contributed by atoms with Crippen LogP contribution < -0.4 is 10.6 Å². The molecule has 0 radical (unpaired) electrons. The highest BCUT2D eigenvalue weighted by atomic mass is 32.1. The fourth-order valence-corrected chi connectivity index (χ4v) is 4.60. The molecule has 0 bridgehead atoms. The second-order valence-corrected chi connectivity index (χ2v) is 7.78. The third-order valence-corrected chi connectivity index (χ3v) is 6.05. The molecule has 6 nitrogen and oxygen atoms in total. The molecule has 5 rings (SSSR count). The second-order valence-electron chi connectivity index (χ2n) is 6.87. The highest BCUT2D eigenvalue weighted by molar-refractivity contribution is 7.17. The van der Waals surface area contributed by atoms with Crippen LogP contribution >= 0.6 is 11.3 Å². The van der Waals surface area contributed by atoms with Gasteiger partial charge in [-0.1, -0.05) is 30.3 Å². The molecule has 142 valence electrons. The summed E-state index contributed by atoms with van der Waals surface area (Å²) >= 11 is 1.43. The zero-order chi connectivity index (χ0) is 20.0. The van der Waals surface area contributed by atoms with Gasteiger partial charge in [-0.15, -0.1) is 11.3 Å². The number of benzene rings is 2. The molecular weight excluding hydrogens is 384 g/mol. The van der Waals surface area contributed by atoms with E-state index in [9.17, 15) is 9.59 Å². The van der Waals surface area contributed by atoms with Crippen LogP contribution in [0.5, 0.6) is 0 Å². The lowest BCUT2D eigenvalue weighted by Crippen LogP contribution is -2.21. The van der Waals surface area contributed by atoms with Crippen LogP contribution in [-0.4, -0.2) is 21.8 Å². The van der Waals surface area contributed by atoms with Crippen molar-refractivity contribution in [1.29, 1.82) is 0 Å². The lowest BCUT2D eigenvalue weighted by molar-refractivity contribution is 0.0959. The minimum Gasteiger partial charge on any atom is -0.341 e. The molecule has 2 N–H and O–H groups in total. The molecule has 2 aromatic heterocycles. The van der Waals surface area contributed by atoms with Crippen LogP contribution in [0.4, 0.5) is 5.69 Å². The van der Waals surface area contributed by atoms with Gasteiger partial charge < -0.3 is 10.6 Å². The van der Waals surface area contributed by atoms with E-state index in [1.807, 2.05) is 37.3 Å². The number of carbonyl (C=O) groups excluding carboxylic acids is 2. The second kappa shape index (κ2) is 6.79. The molecule has 3 heterocycles. The first-order valence-corrected chi connectivity index (χ1v) is 9.99. The standard InChI is InChI=1S/C22H16N4O2S/c1-12-5-2-3-6-13(12)20-18-14(21(27)26-20)7-4-8-16(18)25-22(28)15-10-29-17-9-23-11-24-19(15)17/h2-11,20H,1H3,(H,25,28)(H,26,27). The zero-order valence-electron chi connectivity index (χ0n) is 15.5. The minimum absolute atomic E-state index is 0.141. The Morgan fingerprint density at radius 1 is 1.17 bits per heavy atom. The van der Waals surface area contributed by atoms with Gasteiger partial charge in [0.15, 0.2) is 0 Å². The predicted molar refractivity (Wildman–Crippen MR) is 112 cm³/mol. The SMILES string of the molecule is Cc1ccccc1C1NC(=O)c2cccc(NC(=O)c3csc4cncnc34)c21. The largest absolute Gasteiger partial charge is 0.341 e. The van der Waals surface area contributed by atoms with Crippen LogP contribution in [0.1, 0.15) is 43.4 Å². The molecule has 1 unspecified atom stereocenters. The van der Waals surface area contributed by atoms with E-state index in [-0.39, 0.29) is 17.9 Å². The van der Waals surface area contributed by atoms with Gasteiger partial charge in [0, 0.05) is 28.4 Å². The Morgan fingerprint density at radius 3 is 2.90 bits per heavy atom. The number of hydrogen-bond donors (Lipinski definition) is 2. The van der Waals surface area contributed by atoms with Crippen LogP contribution in [0.3, 0.4) is 0 Å². The Kier molecular flexibility index (Phi) is 4.10. The maximum Gasteiger partial charge on any atom is 0.258 e. The van der Waals surface area contributed by atoms with Crippen molar-refractivity contribution in [3.05, 3.63) is 88.2 Å². The summed E-state index contributed by atoms with van der Waals surface area (Å²) in [6.45, 7) is 2.01. The lowest BCUT2D eigenvalue weighted by atomic mass is 9.93. The third-order valence-electron chi connectivity index (χ3n) is 5.14. The first kappa shape index (κ1) is 17.5. The Bertz CT molecular complexity index is 1280. The first-order valence-electron chi connectivity index (χ1n) is 9.11. The quantitative estimate of drug-likeness (QED) is 0.543. The molecule has 4 aromatic rings. The first-order chi connectivity index (χ1) is 14.1. The summed E-state index contributed by atoms with van der Waals surface area (Å²) in [5, 5.41) is 7.82. The van der Waals surface area contributed by atoms with Gasteiger partial charge in [-0.25, -0.2) is 9.97 Å². The van der Waals surface area contributed by atoms with Crippen LogP contribution in [0.15, 0.2) is 60.4 Å². The summed E-state index contributed by atoms with van der Waals surface area (Å²) in [6, 6.07) is 13.0. The van der Waals surface area contributed by atoms with Gasteiger partial charge in [0.2, 0.25) is 0 Å². The van der Waals surface area contributed by atoms with E-state index >= 15 is 0 Å². The molecule has 0 saturated carbocycles. The van der Waals surface area contributed by atoms with Gasteiger partial charge in [0.1, 0.15) is 6.33 Å². The number of rotatable bonds is 3. The highest BCUT2D eigenvalue weighted by Gasteiger charge is 2.33. The summed E-state index contributed by atoms with van der Waals surface area (Å²) in [5.41, 5.74) is 5.19. The van der Waals surface area contributed by atoms with Gasteiger partial charge >= 0.3 is 0 Å². The van der Waals surface area contributed by atoms with E-state index in [0.717, 1.165) is 21.4 Å². The van der Waals surface area contributed by atoms with Crippen molar-refractivity contribution in [2.24, 2.45) is 0 Å². The molecule has 1 aliphatic rings. The molecule has 0 spiro atoms. The van der Waals surface area contributed by atoms with E-state index in [2.05, 4.69) is 20.6 Å². The predicted octanol–water partition coefficient (Wildman–Crippen LogP) is 4.08. The molecule has 0 saturated heterocycles. The van der Waals surface area contributed by atoms with Gasteiger partial charge in [0.05, 0.1) is 21.8 Å². The fraction of sp³-hybridized carbons (Fsp3) is 0.0909. The summed E-state index contributed by atoms with van der Waals surface area (Å²) in [6.07, 6.45) is 3.13. The number of hydrogen-bond acceptors (Lipinski definition) is 5. The Labute approximate surface area is 170 Å². The molecule has 7 heteroatoms. The number of aryl methyl sites for hydroxylation is 1. The fourth-order valence-electron chi connectivity index (χ4n) is 3.74. The maximum absolute atomic E-state index is 13.0. The van der Waals surface area contributed by atoms with Crippen molar-refractivity contribution in [3.63, 3.8) is 0 Å². The summed E-state index contributed by atoms with van der Waals surface area (Å²) < 4.78 is 0.852. The molecule has 0 fully saturated rings. The van der Waals surface area contributed by atoms with Crippen LogP contribution in [-0.2, 0) is 0 Å². The number of fused-ring (bicyclic) bond motifs is 2. The van der Waals surface area contributed by atoms with Crippen molar-refractivity contribution in [2.75, 3.05) is 5.32 Å². The number of amides is 2. The summed E-state index contributed by atoms with van der Waals surface area (Å²) in [4.78, 5) is 33.8.